The Morgan fingerprint density at radius 2 is 1.83 bits per heavy atom. The second kappa shape index (κ2) is 5.83. The molecule has 0 saturated carbocycles. The predicted octanol–water partition coefficient (Wildman–Crippen LogP) is 1.50. The number of hydrogen-bond donors (Lipinski definition) is 1. The lowest BCUT2D eigenvalue weighted by Gasteiger charge is -2.32. The van der Waals surface area contributed by atoms with E-state index >= 15 is 0 Å². The van der Waals surface area contributed by atoms with Crippen molar-refractivity contribution >= 4 is 0 Å². The Kier molecular flexibility index (Phi) is 4.38. The summed E-state index contributed by atoms with van der Waals surface area (Å²) in [7, 11) is 2.20. The minimum absolute atomic E-state index is 0.260. The van der Waals surface area contributed by atoms with Crippen molar-refractivity contribution in [2.75, 3.05) is 39.8 Å². The van der Waals surface area contributed by atoms with Gasteiger partial charge in [-0.15, -0.1) is 0 Å². The summed E-state index contributed by atoms with van der Waals surface area (Å²) in [5.74, 6) is 0. The molecule has 2 N–H and O–H groups in total. The highest BCUT2D eigenvalue weighted by molar-refractivity contribution is 5.23. The van der Waals surface area contributed by atoms with E-state index in [-0.39, 0.29) is 5.54 Å². The molecule has 0 aromatic heterocycles. The summed E-state index contributed by atoms with van der Waals surface area (Å²) in [6.45, 7) is 7.69. The lowest BCUT2D eigenvalue weighted by atomic mass is 9.92. The van der Waals surface area contributed by atoms with Gasteiger partial charge in [0.25, 0.3) is 0 Å². The second-order valence-corrected chi connectivity index (χ2v) is 5.72. The number of hydrogen-bond acceptors (Lipinski definition) is 3. The van der Waals surface area contributed by atoms with Crippen LogP contribution >= 0.6 is 0 Å². The lowest BCUT2D eigenvalue weighted by Crippen LogP contribution is -2.46. The maximum absolute atomic E-state index is 6.50. The monoisotopic (exact) mass is 247 g/mol. The first kappa shape index (κ1) is 13.5. The fourth-order valence-electron chi connectivity index (χ4n) is 2.63. The molecule has 3 heteroatoms. The first-order valence-electron chi connectivity index (χ1n) is 6.83. The summed E-state index contributed by atoms with van der Waals surface area (Å²) in [5, 5.41) is 0. The normalized spacial score (nSPS) is 22.4. The summed E-state index contributed by atoms with van der Waals surface area (Å²) >= 11 is 0. The third kappa shape index (κ3) is 3.55. The van der Waals surface area contributed by atoms with E-state index in [1.54, 1.807) is 0 Å². The molecular formula is C15H25N3. The zero-order chi connectivity index (χ0) is 13.0. The van der Waals surface area contributed by atoms with Crippen LogP contribution in [0.4, 0.5) is 0 Å². The highest BCUT2D eigenvalue weighted by Crippen LogP contribution is 2.19. The molecule has 1 aromatic rings. The smallest absolute Gasteiger partial charge is 0.0509 e. The van der Waals surface area contributed by atoms with Crippen molar-refractivity contribution in [2.24, 2.45) is 5.73 Å². The first-order valence-corrected chi connectivity index (χ1v) is 6.83. The highest BCUT2D eigenvalue weighted by Gasteiger charge is 2.25. The molecule has 1 aliphatic rings. The molecule has 0 amide bonds. The van der Waals surface area contributed by atoms with E-state index in [4.69, 9.17) is 5.73 Å². The van der Waals surface area contributed by atoms with Gasteiger partial charge in [-0.1, -0.05) is 30.3 Å². The van der Waals surface area contributed by atoms with E-state index in [1.807, 2.05) is 6.07 Å². The maximum atomic E-state index is 6.50. The van der Waals surface area contributed by atoms with Crippen molar-refractivity contribution in [1.29, 1.82) is 0 Å². The van der Waals surface area contributed by atoms with Crippen LogP contribution in [0.5, 0.6) is 0 Å². The number of nitrogens with zero attached hydrogens (tertiary/aromatic N) is 2. The van der Waals surface area contributed by atoms with Crippen molar-refractivity contribution < 1.29 is 0 Å². The average molecular weight is 247 g/mol. The number of likely N-dealkylation sites (N-methyl/N-ethyl adjacent to an activating group) is 1. The van der Waals surface area contributed by atoms with Gasteiger partial charge in [0.1, 0.15) is 0 Å². The van der Waals surface area contributed by atoms with Crippen LogP contribution < -0.4 is 5.73 Å². The minimum atomic E-state index is -0.260. The van der Waals surface area contributed by atoms with Gasteiger partial charge in [0.05, 0.1) is 5.54 Å². The van der Waals surface area contributed by atoms with Gasteiger partial charge in [-0.2, -0.15) is 0 Å². The van der Waals surface area contributed by atoms with Gasteiger partial charge in [0, 0.05) is 19.6 Å². The van der Waals surface area contributed by atoms with Gasteiger partial charge in [-0.25, -0.2) is 0 Å². The van der Waals surface area contributed by atoms with Gasteiger partial charge in [0.15, 0.2) is 0 Å². The Morgan fingerprint density at radius 3 is 2.56 bits per heavy atom. The standard InChI is InChI=1S/C15H25N3/c1-15(16,14-7-4-3-5-8-14)13-18-10-6-9-17(2)11-12-18/h3-5,7-8H,6,9-13,16H2,1-2H3. The molecule has 1 aliphatic heterocycles. The number of rotatable bonds is 3. The third-order valence-electron chi connectivity index (χ3n) is 3.80. The number of benzene rings is 1. The zero-order valence-corrected chi connectivity index (χ0v) is 11.6. The molecule has 0 radical (unpaired) electrons. The lowest BCUT2D eigenvalue weighted by molar-refractivity contribution is 0.222. The van der Waals surface area contributed by atoms with E-state index in [0.717, 1.165) is 26.2 Å². The van der Waals surface area contributed by atoms with Gasteiger partial charge >= 0.3 is 0 Å². The SMILES string of the molecule is CN1CCCN(CC(C)(N)c2ccccc2)CC1. The molecule has 1 heterocycles. The second-order valence-electron chi connectivity index (χ2n) is 5.72. The fourth-order valence-corrected chi connectivity index (χ4v) is 2.63. The van der Waals surface area contributed by atoms with Gasteiger partial charge in [-0.05, 0) is 39.0 Å². The Morgan fingerprint density at radius 1 is 1.11 bits per heavy atom. The summed E-state index contributed by atoms with van der Waals surface area (Å²) < 4.78 is 0. The molecule has 1 aromatic carbocycles. The van der Waals surface area contributed by atoms with Crippen LogP contribution in [0.2, 0.25) is 0 Å². The Labute approximate surface area is 111 Å². The van der Waals surface area contributed by atoms with E-state index in [2.05, 4.69) is 48.0 Å². The first-order chi connectivity index (χ1) is 8.58. The van der Waals surface area contributed by atoms with E-state index in [0.29, 0.717) is 0 Å². The predicted molar refractivity (Wildman–Crippen MR) is 76.5 cm³/mol. The summed E-state index contributed by atoms with van der Waals surface area (Å²) in [5.41, 5.74) is 7.46. The Hall–Kier alpha value is -0.900. The van der Waals surface area contributed by atoms with E-state index in [1.165, 1.54) is 18.5 Å². The largest absolute Gasteiger partial charge is 0.321 e. The molecule has 3 nitrogen and oxygen atoms in total. The van der Waals surface area contributed by atoms with Crippen LogP contribution in [-0.4, -0.2) is 49.6 Å². The molecule has 100 valence electrons. The van der Waals surface area contributed by atoms with Crippen LogP contribution in [0, 0.1) is 0 Å². The molecule has 0 aliphatic carbocycles. The van der Waals surface area contributed by atoms with Crippen molar-refractivity contribution in [3.05, 3.63) is 35.9 Å². The summed E-state index contributed by atoms with van der Waals surface area (Å²) in [6, 6.07) is 10.4. The van der Waals surface area contributed by atoms with Crippen LogP contribution in [0.25, 0.3) is 0 Å². The Balaban J connectivity index is 1.99. The van der Waals surface area contributed by atoms with Crippen molar-refractivity contribution in [2.45, 2.75) is 18.9 Å². The molecule has 1 fully saturated rings. The quantitative estimate of drug-likeness (QED) is 0.878. The maximum Gasteiger partial charge on any atom is 0.0509 e. The third-order valence-corrected chi connectivity index (χ3v) is 3.80. The van der Waals surface area contributed by atoms with Crippen LogP contribution in [0.1, 0.15) is 18.9 Å². The summed E-state index contributed by atoms with van der Waals surface area (Å²) in [6.07, 6.45) is 1.24. The van der Waals surface area contributed by atoms with Crippen LogP contribution in [0.15, 0.2) is 30.3 Å². The van der Waals surface area contributed by atoms with Crippen LogP contribution in [0.3, 0.4) is 0 Å². The van der Waals surface area contributed by atoms with Crippen LogP contribution in [-0.2, 0) is 5.54 Å². The molecule has 0 spiro atoms. The molecule has 2 rings (SSSR count). The Bertz CT molecular complexity index is 361. The molecule has 1 saturated heterocycles. The van der Waals surface area contributed by atoms with Crippen molar-refractivity contribution in [3.63, 3.8) is 0 Å². The van der Waals surface area contributed by atoms with Gasteiger partial charge < -0.3 is 10.6 Å². The molecule has 1 atom stereocenters. The van der Waals surface area contributed by atoms with Crippen molar-refractivity contribution in [1.82, 2.24) is 9.80 Å². The summed E-state index contributed by atoms with van der Waals surface area (Å²) in [4.78, 5) is 4.90. The van der Waals surface area contributed by atoms with Gasteiger partial charge in [-0.3, -0.25) is 4.90 Å². The van der Waals surface area contributed by atoms with E-state index < -0.39 is 0 Å². The average Bonchev–Trinajstić information content (AvgIpc) is 2.55. The fraction of sp³-hybridized carbons (Fsp3) is 0.600. The molecular weight excluding hydrogens is 222 g/mol. The molecule has 0 bridgehead atoms. The highest BCUT2D eigenvalue weighted by atomic mass is 15.2. The molecule has 18 heavy (non-hydrogen) atoms. The van der Waals surface area contributed by atoms with E-state index in [9.17, 15) is 0 Å². The zero-order valence-electron chi connectivity index (χ0n) is 11.6. The number of nitrogens with two attached hydrogens (primary N) is 1. The topological polar surface area (TPSA) is 32.5 Å². The van der Waals surface area contributed by atoms with Crippen molar-refractivity contribution in [3.8, 4) is 0 Å². The minimum Gasteiger partial charge on any atom is -0.321 e. The molecule has 1 unspecified atom stereocenters. The van der Waals surface area contributed by atoms with Gasteiger partial charge in [0.2, 0.25) is 0 Å².